The van der Waals surface area contributed by atoms with E-state index in [1.54, 1.807) is 0 Å². The maximum Gasteiger partial charge on any atom is 0.277 e. The molecule has 0 saturated heterocycles. The van der Waals surface area contributed by atoms with Gasteiger partial charge in [-0.3, -0.25) is 4.57 Å². The highest BCUT2D eigenvalue weighted by Gasteiger charge is 2.12. The van der Waals surface area contributed by atoms with E-state index in [4.69, 9.17) is 27.2 Å². The highest BCUT2D eigenvalue weighted by atomic mass is 35.9. The number of halogens is 2. The van der Waals surface area contributed by atoms with Crippen molar-refractivity contribution in [2.45, 2.75) is 6.61 Å². The van der Waals surface area contributed by atoms with Crippen molar-refractivity contribution < 1.29 is 9.30 Å². The summed E-state index contributed by atoms with van der Waals surface area (Å²) in [6.07, 6.45) is -0.106. The summed E-state index contributed by atoms with van der Waals surface area (Å²) in [4.78, 5) is 0. The van der Waals surface area contributed by atoms with Gasteiger partial charge in [-0.05, 0) is 28.0 Å². The van der Waals surface area contributed by atoms with Crippen molar-refractivity contribution >= 4 is 28.3 Å². The lowest BCUT2D eigenvalue weighted by Crippen LogP contribution is -1.91. The second-order valence-electron chi connectivity index (χ2n) is 2.53. The fourth-order valence-corrected chi connectivity index (χ4v) is 1.56. The Labute approximate surface area is 86.8 Å². The molecule has 0 heterocycles. The van der Waals surface area contributed by atoms with Gasteiger partial charge >= 0.3 is 0 Å². The predicted molar refractivity (Wildman–Crippen MR) is 55.4 cm³/mol. The van der Waals surface area contributed by atoms with E-state index in [-0.39, 0.29) is 6.35 Å². The Morgan fingerprint density at radius 2 is 1.85 bits per heavy atom. The molecular weight excluding hydrogens is 230 g/mol. The van der Waals surface area contributed by atoms with Gasteiger partial charge in [-0.15, -0.1) is 0 Å². The number of hydrogen-bond acceptors (Lipinski definition) is 2. The van der Waals surface area contributed by atoms with Gasteiger partial charge in [-0.2, -0.15) is 0 Å². The predicted octanol–water partition coefficient (Wildman–Crippen LogP) is 3.83. The molecule has 0 N–H and O–H groups in total. The fraction of sp³-hybridized carbons (Fsp3) is 0.250. The molecule has 0 aliphatic heterocycles. The quantitative estimate of drug-likeness (QED) is 0.746. The van der Waals surface area contributed by atoms with Crippen LogP contribution in [0.15, 0.2) is 30.3 Å². The molecule has 0 spiro atoms. The SMILES string of the molecule is O=P(Cl)(Cl)COCc1ccccc1. The molecule has 0 aliphatic carbocycles. The molecule has 2 nitrogen and oxygen atoms in total. The third kappa shape index (κ3) is 5.33. The minimum Gasteiger partial charge on any atom is -0.367 e. The van der Waals surface area contributed by atoms with Crippen molar-refractivity contribution in [3.63, 3.8) is 0 Å². The maximum atomic E-state index is 10.8. The topological polar surface area (TPSA) is 26.3 Å². The molecule has 0 radical (unpaired) electrons. The number of benzene rings is 1. The van der Waals surface area contributed by atoms with Crippen molar-refractivity contribution in [3.05, 3.63) is 35.9 Å². The van der Waals surface area contributed by atoms with E-state index >= 15 is 0 Å². The molecular formula is C8H9Cl2O2P. The van der Waals surface area contributed by atoms with Crippen molar-refractivity contribution in [1.82, 2.24) is 0 Å². The van der Waals surface area contributed by atoms with Gasteiger partial charge in [0, 0.05) is 0 Å². The Hall–Kier alpha value is -0.0100. The van der Waals surface area contributed by atoms with Crippen molar-refractivity contribution in [2.24, 2.45) is 0 Å². The third-order valence-electron chi connectivity index (χ3n) is 1.35. The Morgan fingerprint density at radius 1 is 1.23 bits per heavy atom. The van der Waals surface area contributed by atoms with Gasteiger partial charge in [-0.1, -0.05) is 30.3 Å². The summed E-state index contributed by atoms with van der Waals surface area (Å²) in [5, 5.41) is 0. The van der Waals surface area contributed by atoms with Crippen LogP contribution < -0.4 is 0 Å². The van der Waals surface area contributed by atoms with E-state index in [0.29, 0.717) is 6.61 Å². The third-order valence-corrected chi connectivity index (χ3v) is 2.42. The van der Waals surface area contributed by atoms with E-state index < -0.39 is 5.85 Å². The molecule has 0 aliphatic rings. The monoisotopic (exact) mass is 238 g/mol. The molecule has 1 rings (SSSR count). The summed E-state index contributed by atoms with van der Waals surface area (Å²) in [6, 6.07) is 9.54. The Morgan fingerprint density at radius 3 is 2.38 bits per heavy atom. The van der Waals surface area contributed by atoms with Gasteiger partial charge in [0.1, 0.15) is 6.35 Å². The van der Waals surface area contributed by atoms with Crippen LogP contribution >= 0.6 is 28.3 Å². The minimum absolute atomic E-state index is 0.106. The molecule has 1 aromatic carbocycles. The smallest absolute Gasteiger partial charge is 0.277 e. The average Bonchev–Trinajstić information content (AvgIpc) is 2.04. The summed E-state index contributed by atoms with van der Waals surface area (Å²) in [6.45, 7) is 0.379. The van der Waals surface area contributed by atoms with Gasteiger partial charge in [0.05, 0.1) is 6.61 Å². The van der Waals surface area contributed by atoms with Gasteiger partial charge in [0.15, 0.2) is 0 Å². The first kappa shape index (κ1) is 11.1. The summed E-state index contributed by atoms with van der Waals surface area (Å²) < 4.78 is 15.9. The highest BCUT2D eigenvalue weighted by Crippen LogP contribution is 2.56. The van der Waals surface area contributed by atoms with Gasteiger partial charge in [0.2, 0.25) is 0 Å². The molecule has 0 fully saturated rings. The lowest BCUT2D eigenvalue weighted by molar-refractivity contribution is 0.164. The molecule has 1 aromatic rings. The van der Waals surface area contributed by atoms with Crippen LogP contribution in [0.1, 0.15) is 5.56 Å². The first-order valence-corrected chi connectivity index (χ1v) is 7.38. The normalized spacial score (nSPS) is 11.5. The first-order valence-electron chi connectivity index (χ1n) is 3.68. The molecule has 0 aromatic heterocycles. The zero-order valence-electron chi connectivity index (χ0n) is 6.82. The number of ether oxygens (including phenoxy) is 1. The zero-order valence-corrected chi connectivity index (χ0v) is 9.23. The summed E-state index contributed by atoms with van der Waals surface area (Å²) in [7, 11) is 0. The second kappa shape index (κ2) is 5.02. The summed E-state index contributed by atoms with van der Waals surface area (Å²) in [5.41, 5.74) is 1.00. The number of hydrogen-bond donors (Lipinski definition) is 0. The zero-order chi connectivity index (χ0) is 9.73. The lowest BCUT2D eigenvalue weighted by atomic mass is 10.2. The van der Waals surface area contributed by atoms with Gasteiger partial charge in [0.25, 0.3) is 5.85 Å². The van der Waals surface area contributed by atoms with Crippen molar-refractivity contribution in [1.29, 1.82) is 0 Å². The molecule has 0 amide bonds. The lowest BCUT2D eigenvalue weighted by Gasteiger charge is -2.04. The van der Waals surface area contributed by atoms with Crippen LogP contribution in [0, 0.1) is 0 Å². The standard InChI is InChI=1S/C8H9Cl2O2P/c9-13(10,11)7-12-6-8-4-2-1-3-5-8/h1-5H,6-7H2. The number of rotatable bonds is 4. The van der Waals surface area contributed by atoms with Crippen LogP contribution in [0.3, 0.4) is 0 Å². The largest absolute Gasteiger partial charge is 0.367 e. The summed E-state index contributed by atoms with van der Waals surface area (Å²) in [5.74, 6) is -3.08. The van der Waals surface area contributed by atoms with Crippen LogP contribution in [-0.4, -0.2) is 6.35 Å². The molecule has 72 valence electrons. The minimum atomic E-state index is -3.08. The van der Waals surface area contributed by atoms with Crippen molar-refractivity contribution in [2.75, 3.05) is 6.35 Å². The van der Waals surface area contributed by atoms with E-state index in [1.165, 1.54) is 0 Å². The van der Waals surface area contributed by atoms with Crippen LogP contribution in [0.25, 0.3) is 0 Å². The molecule has 0 unspecified atom stereocenters. The fourth-order valence-electron chi connectivity index (χ4n) is 0.844. The maximum absolute atomic E-state index is 10.8. The van der Waals surface area contributed by atoms with Crippen LogP contribution in [0.2, 0.25) is 0 Å². The van der Waals surface area contributed by atoms with E-state index in [2.05, 4.69) is 0 Å². The molecule has 0 saturated carbocycles. The molecule has 0 atom stereocenters. The van der Waals surface area contributed by atoms with Crippen LogP contribution in [0.4, 0.5) is 0 Å². The van der Waals surface area contributed by atoms with Crippen molar-refractivity contribution in [3.8, 4) is 0 Å². The molecule has 13 heavy (non-hydrogen) atoms. The second-order valence-corrected chi connectivity index (χ2v) is 7.73. The average molecular weight is 239 g/mol. The Kier molecular flexibility index (Phi) is 4.27. The van der Waals surface area contributed by atoms with E-state index in [1.807, 2.05) is 30.3 Å². The van der Waals surface area contributed by atoms with E-state index in [0.717, 1.165) is 5.56 Å². The van der Waals surface area contributed by atoms with Gasteiger partial charge in [-0.25, -0.2) is 0 Å². The van der Waals surface area contributed by atoms with Crippen LogP contribution in [-0.2, 0) is 15.9 Å². The van der Waals surface area contributed by atoms with E-state index in [9.17, 15) is 4.57 Å². The molecule has 0 bridgehead atoms. The Bertz CT molecular complexity index is 296. The Balaban J connectivity index is 2.33. The van der Waals surface area contributed by atoms with Gasteiger partial charge < -0.3 is 4.74 Å². The summed E-state index contributed by atoms with van der Waals surface area (Å²) >= 11 is 10.6. The molecule has 5 heteroatoms. The van der Waals surface area contributed by atoms with Crippen LogP contribution in [0.5, 0.6) is 0 Å². The first-order chi connectivity index (χ1) is 6.08. The highest BCUT2D eigenvalue weighted by molar-refractivity contribution is 8.08.